The fraction of sp³-hybridized carbons (Fsp3) is 0.222. The molecule has 0 bridgehead atoms. The molecule has 0 amide bonds. The van der Waals surface area contributed by atoms with Crippen molar-refractivity contribution in [3.8, 4) is 0 Å². The van der Waals surface area contributed by atoms with Gasteiger partial charge in [0.15, 0.2) is 5.78 Å². The third-order valence-corrected chi connectivity index (χ3v) is 1.41. The van der Waals surface area contributed by atoms with Crippen LogP contribution in [0.4, 0.5) is 0 Å². The predicted molar refractivity (Wildman–Crippen MR) is 40.7 cm³/mol. The van der Waals surface area contributed by atoms with Crippen molar-refractivity contribution >= 4 is 5.78 Å². The Balaban J connectivity index is 2.58. The van der Waals surface area contributed by atoms with Crippen LogP contribution in [0.3, 0.4) is 0 Å². The molecule has 1 aromatic rings. The summed E-state index contributed by atoms with van der Waals surface area (Å²) in [5.41, 5.74) is 0.911. The molecular weight excluding hydrogens is 140 g/mol. The van der Waals surface area contributed by atoms with Crippen LogP contribution < -0.4 is 0 Å². The molecular formula is C9H9O2. The Morgan fingerprint density at radius 3 is 2.36 bits per heavy atom. The van der Waals surface area contributed by atoms with E-state index in [9.17, 15) is 9.90 Å². The Kier molecular flexibility index (Phi) is 2.81. The maximum atomic E-state index is 10.7. The molecule has 0 unspecified atom stereocenters. The number of hydrogen-bond acceptors (Lipinski definition) is 1. The lowest BCUT2D eigenvalue weighted by atomic mass is 10.1. The van der Waals surface area contributed by atoms with Crippen LogP contribution in [0.1, 0.15) is 5.56 Å². The second kappa shape index (κ2) is 3.88. The molecule has 0 aliphatic heterocycles. The molecule has 0 aromatic heterocycles. The number of Topliss-reactive ketones (excluding diaryl/α,β-unsaturated/α-hetero) is 1. The zero-order valence-corrected chi connectivity index (χ0v) is 6.12. The minimum atomic E-state index is -0.616. The standard InChI is InChI=1S/C9H9O2/c10-7-9(11)6-8-4-2-1-3-5-8/h1-5H,6-7H2. The molecule has 0 fully saturated rings. The molecule has 0 N–H and O–H groups in total. The predicted octanol–water partition coefficient (Wildman–Crippen LogP) is 1.23. The van der Waals surface area contributed by atoms with Crippen molar-refractivity contribution in [2.75, 3.05) is 6.61 Å². The van der Waals surface area contributed by atoms with E-state index < -0.39 is 6.61 Å². The van der Waals surface area contributed by atoms with Gasteiger partial charge in [-0.05, 0) is 5.56 Å². The molecule has 0 saturated heterocycles. The first-order valence-corrected chi connectivity index (χ1v) is 3.46. The summed E-state index contributed by atoms with van der Waals surface area (Å²) >= 11 is 0. The lowest BCUT2D eigenvalue weighted by Gasteiger charge is -1.95. The lowest BCUT2D eigenvalue weighted by molar-refractivity contribution is -0.122. The van der Waals surface area contributed by atoms with E-state index in [1.54, 1.807) is 0 Å². The van der Waals surface area contributed by atoms with Crippen molar-refractivity contribution in [1.29, 1.82) is 0 Å². The van der Waals surface area contributed by atoms with E-state index in [0.717, 1.165) is 5.56 Å². The number of benzene rings is 1. The van der Waals surface area contributed by atoms with Crippen molar-refractivity contribution < 1.29 is 9.90 Å². The highest BCUT2D eigenvalue weighted by Crippen LogP contribution is 1.99. The van der Waals surface area contributed by atoms with Crippen LogP contribution in [0.2, 0.25) is 0 Å². The van der Waals surface area contributed by atoms with Crippen molar-refractivity contribution in [1.82, 2.24) is 0 Å². The summed E-state index contributed by atoms with van der Waals surface area (Å²) < 4.78 is 0. The second-order valence-electron chi connectivity index (χ2n) is 2.35. The lowest BCUT2D eigenvalue weighted by Crippen LogP contribution is -2.05. The smallest absolute Gasteiger partial charge is 0.166 e. The molecule has 0 aliphatic rings. The van der Waals surface area contributed by atoms with Crippen LogP contribution in [0, 0.1) is 0 Å². The van der Waals surface area contributed by atoms with E-state index in [4.69, 9.17) is 0 Å². The van der Waals surface area contributed by atoms with Crippen LogP contribution in [-0.2, 0) is 16.3 Å². The van der Waals surface area contributed by atoms with Crippen LogP contribution in [0.25, 0.3) is 0 Å². The molecule has 0 aliphatic carbocycles. The molecule has 1 aromatic carbocycles. The van der Waals surface area contributed by atoms with Crippen LogP contribution >= 0.6 is 0 Å². The molecule has 2 heteroatoms. The SMILES string of the molecule is [O]CC(=O)Cc1ccccc1. The van der Waals surface area contributed by atoms with Gasteiger partial charge in [0.1, 0.15) is 6.61 Å². The van der Waals surface area contributed by atoms with E-state index in [1.807, 2.05) is 30.3 Å². The van der Waals surface area contributed by atoms with E-state index in [-0.39, 0.29) is 12.2 Å². The van der Waals surface area contributed by atoms with E-state index in [1.165, 1.54) is 0 Å². The molecule has 1 radical (unpaired) electrons. The third kappa shape index (κ3) is 2.51. The van der Waals surface area contributed by atoms with Crippen molar-refractivity contribution in [2.45, 2.75) is 6.42 Å². The first-order chi connectivity index (χ1) is 5.33. The van der Waals surface area contributed by atoms with Gasteiger partial charge in [0.2, 0.25) is 0 Å². The van der Waals surface area contributed by atoms with E-state index >= 15 is 0 Å². The highest BCUT2D eigenvalue weighted by atomic mass is 16.3. The number of ketones is 1. The minimum Gasteiger partial charge on any atom is -0.297 e. The first-order valence-electron chi connectivity index (χ1n) is 3.46. The zero-order valence-electron chi connectivity index (χ0n) is 6.12. The molecule has 0 atom stereocenters. The number of carbonyl (C=O) groups is 1. The first kappa shape index (κ1) is 7.95. The molecule has 2 nitrogen and oxygen atoms in total. The van der Waals surface area contributed by atoms with Gasteiger partial charge in [0, 0.05) is 6.42 Å². The van der Waals surface area contributed by atoms with Crippen molar-refractivity contribution in [3.63, 3.8) is 0 Å². The van der Waals surface area contributed by atoms with Crippen LogP contribution in [0.15, 0.2) is 30.3 Å². The van der Waals surface area contributed by atoms with Gasteiger partial charge in [0.25, 0.3) is 0 Å². The quantitative estimate of drug-likeness (QED) is 0.636. The fourth-order valence-electron chi connectivity index (χ4n) is 0.875. The Morgan fingerprint density at radius 2 is 1.82 bits per heavy atom. The molecule has 0 saturated carbocycles. The number of carbonyl (C=O) groups excluding carboxylic acids is 1. The summed E-state index contributed by atoms with van der Waals surface area (Å²) in [4.78, 5) is 10.7. The third-order valence-electron chi connectivity index (χ3n) is 1.41. The number of hydrogen-bond donors (Lipinski definition) is 0. The average molecular weight is 149 g/mol. The van der Waals surface area contributed by atoms with E-state index in [2.05, 4.69) is 0 Å². The average Bonchev–Trinajstić information content (AvgIpc) is 2.06. The molecule has 57 valence electrons. The highest BCUT2D eigenvalue weighted by molar-refractivity contribution is 5.81. The molecule has 11 heavy (non-hydrogen) atoms. The summed E-state index contributed by atoms with van der Waals surface area (Å²) in [6.45, 7) is -0.616. The van der Waals surface area contributed by atoms with Crippen LogP contribution in [-0.4, -0.2) is 12.4 Å². The van der Waals surface area contributed by atoms with Crippen molar-refractivity contribution in [2.24, 2.45) is 0 Å². The summed E-state index contributed by atoms with van der Waals surface area (Å²) in [6.07, 6.45) is 0.268. The highest BCUT2D eigenvalue weighted by Gasteiger charge is 2.00. The Hall–Kier alpha value is -1.15. The molecule has 1 rings (SSSR count). The van der Waals surface area contributed by atoms with Gasteiger partial charge in [0.05, 0.1) is 0 Å². The number of rotatable bonds is 3. The van der Waals surface area contributed by atoms with Crippen molar-refractivity contribution in [3.05, 3.63) is 35.9 Å². The molecule has 0 spiro atoms. The topological polar surface area (TPSA) is 37.0 Å². The summed E-state index contributed by atoms with van der Waals surface area (Å²) in [5.74, 6) is -0.254. The fourth-order valence-corrected chi connectivity index (χ4v) is 0.875. The van der Waals surface area contributed by atoms with Gasteiger partial charge in [-0.25, -0.2) is 5.11 Å². The Labute approximate surface area is 65.5 Å². The van der Waals surface area contributed by atoms with Gasteiger partial charge in [-0.3, -0.25) is 4.79 Å². The van der Waals surface area contributed by atoms with Crippen LogP contribution in [0.5, 0.6) is 0 Å². The van der Waals surface area contributed by atoms with Gasteiger partial charge >= 0.3 is 0 Å². The largest absolute Gasteiger partial charge is 0.297 e. The molecule has 0 heterocycles. The van der Waals surface area contributed by atoms with E-state index in [0.29, 0.717) is 0 Å². The van der Waals surface area contributed by atoms with Gasteiger partial charge < -0.3 is 0 Å². The zero-order chi connectivity index (χ0) is 8.10. The maximum Gasteiger partial charge on any atom is 0.166 e. The Bertz CT molecular complexity index is 229. The van der Waals surface area contributed by atoms with Gasteiger partial charge in [-0.1, -0.05) is 30.3 Å². The second-order valence-corrected chi connectivity index (χ2v) is 2.35. The summed E-state index contributed by atoms with van der Waals surface area (Å²) in [6, 6.07) is 9.27. The minimum absolute atomic E-state index is 0.254. The normalized spacial score (nSPS) is 9.55. The monoisotopic (exact) mass is 149 g/mol. The van der Waals surface area contributed by atoms with Gasteiger partial charge in [-0.2, -0.15) is 0 Å². The van der Waals surface area contributed by atoms with Gasteiger partial charge in [-0.15, -0.1) is 0 Å². The Morgan fingerprint density at radius 1 is 1.18 bits per heavy atom. The summed E-state index contributed by atoms with van der Waals surface area (Å²) in [7, 11) is 0. The summed E-state index contributed by atoms with van der Waals surface area (Å²) in [5, 5.41) is 10.1. The maximum absolute atomic E-state index is 10.7.